The third-order valence-electron chi connectivity index (χ3n) is 7.04. The van der Waals surface area contributed by atoms with Crippen LogP contribution in [0.2, 0.25) is 0 Å². The number of nitrogens with zero attached hydrogens (tertiary/aromatic N) is 1. The Hall–Kier alpha value is -3.15. The largest absolute Gasteiger partial charge is 0.508 e. The first-order valence-electron chi connectivity index (χ1n) is 17.8. The molecule has 4 atom stereocenters. The van der Waals surface area contributed by atoms with Gasteiger partial charge in [-0.1, -0.05) is 79.7 Å². The van der Waals surface area contributed by atoms with E-state index >= 15 is 0 Å². The van der Waals surface area contributed by atoms with E-state index in [0.29, 0.717) is 25.8 Å². The lowest BCUT2D eigenvalue weighted by Crippen LogP contribution is -2.48. The van der Waals surface area contributed by atoms with Crippen LogP contribution in [-0.4, -0.2) is 78.3 Å². The maximum Gasteiger partial charge on any atom is 0.238 e. The van der Waals surface area contributed by atoms with Gasteiger partial charge >= 0.3 is 0 Å². The zero-order valence-electron chi connectivity index (χ0n) is 31.5. The van der Waals surface area contributed by atoms with Crippen LogP contribution in [-0.2, 0) is 32.5 Å². The summed E-state index contributed by atoms with van der Waals surface area (Å²) in [4.78, 5) is 24.2. The van der Waals surface area contributed by atoms with Crippen molar-refractivity contribution in [3.05, 3.63) is 59.7 Å². The molecule has 2 fully saturated rings. The second kappa shape index (κ2) is 26.8. The molecule has 4 rings (SSSR count). The minimum Gasteiger partial charge on any atom is -0.508 e. The molecule has 0 saturated carbocycles. The highest BCUT2D eigenvalue weighted by molar-refractivity contribution is 7.88. The van der Waals surface area contributed by atoms with Crippen molar-refractivity contribution in [3.63, 3.8) is 0 Å². The van der Waals surface area contributed by atoms with Crippen molar-refractivity contribution in [2.45, 2.75) is 132 Å². The highest BCUT2D eigenvalue weighted by Crippen LogP contribution is 2.21. The van der Waals surface area contributed by atoms with Gasteiger partial charge in [-0.3, -0.25) is 9.59 Å². The van der Waals surface area contributed by atoms with Gasteiger partial charge in [-0.15, -0.1) is 0 Å². The van der Waals surface area contributed by atoms with Crippen LogP contribution in [0.25, 0.3) is 0 Å². The van der Waals surface area contributed by atoms with E-state index in [4.69, 9.17) is 0 Å². The van der Waals surface area contributed by atoms with Crippen molar-refractivity contribution in [1.82, 2.24) is 20.3 Å². The van der Waals surface area contributed by atoms with E-state index in [0.717, 1.165) is 43.2 Å². The highest BCUT2D eigenvalue weighted by atomic mass is 32.2. The van der Waals surface area contributed by atoms with Crippen LogP contribution >= 0.6 is 0 Å². The molecule has 10 nitrogen and oxygen atoms in total. The van der Waals surface area contributed by atoms with Gasteiger partial charge < -0.3 is 26.2 Å². The lowest BCUT2D eigenvalue weighted by atomic mass is 10.1. The first kappa shape index (κ1) is 47.0. The van der Waals surface area contributed by atoms with Crippen LogP contribution in [0.3, 0.4) is 0 Å². The predicted molar refractivity (Wildman–Crippen MR) is 200 cm³/mol. The number of hydrogen-bond donors (Lipinski definition) is 5. The molecule has 2 saturated heterocycles. The molecule has 11 heteroatoms. The summed E-state index contributed by atoms with van der Waals surface area (Å²) in [6.45, 7) is 21.2. The summed E-state index contributed by atoms with van der Waals surface area (Å²) < 4.78 is 24.6. The molecule has 0 aliphatic carbocycles. The molecule has 2 aromatic carbocycles. The summed E-state index contributed by atoms with van der Waals surface area (Å²) in [6.07, 6.45) is 5.80. The third-order valence-corrected chi connectivity index (χ3v) is 8.33. The minimum absolute atomic E-state index is 0.0210. The Balaban J connectivity index is 0. The summed E-state index contributed by atoms with van der Waals surface area (Å²) in [5.74, 6) is 0.328. The molecule has 2 aliphatic rings. The zero-order valence-corrected chi connectivity index (χ0v) is 32.3. The Kier molecular flexibility index (Phi) is 26.2. The third kappa shape index (κ3) is 18.4. The summed E-state index contributed by atoms with van der Waals surface area (Å²) >= 11 is 0. The Labute approximate surface area is 292 Å². The van der Waals surface area contributed by atoms with Gasteiger partial charge in [0, 0.05) is 18.6 Å². The van der Waals surface area contributed by atoms with Crippen molar-refractivity contribution in [2.75, 3.05) is 19.3 Å². The van der Waals surface area contributed by atoms with Crippen LogP contribution in [0.1, 0.15) is 106 Å². The molecule has 2 aromatic rings. The van der Waals surface area contributed by atoms with Crippen LogP contribution in [0, 0.1) is 0 Å². The van der Waals surface area contributed by atoms with Crippen molar-refractivity contribution in [3.8, 4) is 11.5 Å². The van der Waals surface area contributed by atoms with Crippen LogP contribution in [0.5, 0.6) is 11.5 Å². The molecule has 5 N–H and O–H groups in total. The van der Waals surface area contributed by atoms with E-state index < -0.39 is 16.1 Å². The average molecular weight is 695 g/mol. The van der Waals surface area contributed by atoms with E-state index in [1.807, 2.05) is 81.4 Å². The fourth-order valence-electron chi connectivity index (χ4n) is 5.06. The van der Waals surface area contributed by atoms with Gasteiger partial charge in [-0.2, -0.15) is 4.31 Å². The second-order valence-corrected chi connectivity index (χ2v) is 12.7. The Morgan fingerprint density at radius 1 is 0.750 bits per heavy atom. The van der Waals surface area contributed by atoms with Crippen molar-refractivity contribution < 1.29 is 28.2 Å². The SMILES string of the molecule is CC.CC.CC.CC.CC(Cc1ccc(O)cc1)NC(=O)C1CCCN1.CC(Cc1ccc(O)cc1)NC(=O)C1CCCN1S(C)(=O)=O. The van der Waals surface area contributed by atoms with E-state index in [1.165, 1.54) is 4.31 Å². The van der Waals surface area contributed by atoms with Crippen LogP contribution in [0.4, 0.5) is 0 Å². The topological polar surface area (TPSA) is 148 Å². The molecule has 2 heterocycles. The number of amides is 2. The number of benzene rings is 2. The fraction of sp³-hybridized carbons (Fsp3) is 0.622. The number of rotatable bonds is 9. The number of carbonyl (C=O) groups excluding carboxylic acids is 2. The Morgan fingerprint density at radius 2 is 1.17 bits per heavy atom. The van der Waals surface area contributed by atoms with Crippen molar-refractivity contribution in [2.24, 2.45) is 0 Å². The standard InChI is InChI=1S/C15H22N2O4S.C14H20N2O2.4C2H6/c1-11(10-12-5-7-13(18)8-6-12)16-15(19)14-4-3-9-17(14)22(2,20)21;1-10(9-11-4-6-12(17)7-5-11)16-14(18)13-3-2-8-15-13;4*1-2/h5-8,11,14,18H,3-4,9-10H2,1-2H3,(H,16,19);4-7,10,13,15,17H,2-3,8-9H2,1H3,(H,16,18);4*1-2H3. The first-order chi connectivity index (χ1) is 22.9. The molecule has 0 aromatic heterocycles. The number of aromatic hydroxyl groups is 2. The molecule has 276 valence electrons. The number of nitrogens with one attached hydrogen (secondary N) is 3. The van der Waals surface area contributed by atoms with Gasteiger partial charge in [0.15, 0.2) is 0 Å². The van der Waals surface area contributed by atoms with Gasteiger partial charge in [-0.05, 0) is 94.3 Å². The molecule has 0 bridgehead atoms. The van der Waals surface area contributed by atoms with Gasteiger partial charge in [0.05, 0.1) is 12.3 Å². The molecule has 0 spiro atoms. The highest BCUT2D eigenvalue weighted by Gasteiger charge is 2.36. The number of phenolic OH excluding ortho intramolecular Hbond substituents is 2. The van der Waals surface area contributed by atoms with E-state index in [2.05, 4.69) is 16.0 Å². The molecule has 2 aliphatic heterocycles. The number of carbonyl (C=O) groups is 2. The van der Waals surface area contributed by atoms with Crippen LogP contribution < -0.4 is 16.0 Å². The summed E-state index contributed by atoms with van der Waals surface area (Å²) in [5, 5.41) is 27.5. The van der Waals surface area contributed by atoms with Crippen molar-refractivity contribution >= 4 is 21.8 Å². The van der Waals surface area contributed by atoms with Gasteiger partial charge in [0.2, 0.25) is 21.8 Å². The monoisotopic (exact) mass is 694 g/mol. The molecule has 4 unspecified atom stereocenters. The molecular formula is C37H66N4O6S. The predicted octanol–water partition coefficient (Wildman–Crippen LogP) is 6.16. The van der Waals surface area contributed by atoms with E-state index in [9.17, 15) is 28.2 Å². The van der Waals surface area contributed by atoms with E-state index in [1.54, 1.807) is 36.4 Å². The lowest BCUT2D eigenvalue weighted by Gasteiger charge is -2.23. The zero-order chi connectivity index (χ0) is 37.3. The normalized spacial score (nSPS) is 17.7. The number of sulfonamides is 1. The minimum atomic E-state index is -3.35. The molecule has 48 heavy (non-hydrogen) atoms. The quantitative estimate of drug-likeness (QED) is 0.211. The lowest BCUT2D eigenvalue weighted by molar-refractivity contribution is -0.125. The van der Waals surface area contributed by atoms with Gasteiger partial charge in [0.25, 0.3) is 0 Å². The number of hydrogen-bond acceptors (Lipinski definition) is 7. The maximum atomic E-state index is 12.3. The van der Waals surface area contributed by atoms with Gasteiger partial charge in [-0.25, -0.2) is 8.42 Å². The molecule has 2 amide bonds. The maximum absolute atomic E-state index is 12.3. The molecule has 0 radical (unpaired) electrons. The Bertz CT molecular complexity index is 1220. The molecular weight excluding hydrogens is 628 g/mol. The summed E-state index contributed by atoms with van der Waals surface area (Å²) in [6, 6.07) is 13.3. The van der Waals surface area contributed by atoms with Gasteiger partial charge in [0.1, 0.15) is 17.5 Å². The fourth-order valence-corrected chi connectivity index (χ4v) is 6.19. The smallest absolute Gasteiger partial charge is 0.238 e. The first-order valence-corrected chi connectivity index (χ1v) is 19.6. The summed E-state index contributed by atoms with van der Waals surface area (Å²) in [5.41, 5.74) is 2.11. The van der Waals surface area contributed by atoms with E-state index in [-0.39, 0.29) is 41.4 Å². The average Bonchev–Trinajstić information content (AvgIpc) is 3.81. The number of phenols is 2. The second-order valence-electron chi connectivity index (χ2n) is 10.7. The Morgan fingerprint density at radius 3 is 1.54 bits per heavy atom. The van der Waals surface area contributed by atoms with Crippen LogP contribution in [0.15, 0.2) is 48.5 Å². The van der Waals surface area contributed by atoms with Crippen molar-refractivity contribution in [1.29, 1.82) is 0 Å². The summed E-state index contributed by atoms with van der Waals surface area (Å²) in [7, 11) is -3.35.